The average Bonchev–Trinajstić information content (AvgIpc) is 2.65. The lowest BCUT2D eigenvalue weighted by Crippen LogP contribution is -2.14. The van der Waals surface area contributed by atoms with E-state index >= 15 is 0 Å². The summed E-state index contributed by atoms with van der Waals surface area (Å²) in [7, 11) is 1.51. The number of hydrogen-bond acceptors (Lipinski definition) is 5. The number of benzene rings is 2. The lowest BCUT2D eigenvalue weighted by atomic mass is 10.2. The number of hydrogen-bond donors (Lipinski definition) is 2. The molecule has 132 valence electrons. The van der Waals surface area contributed by atoms with Crippen molar-refractivity contribution < 1.29 is 9.53 Å². The van der Waals surface area contributed by atoms with Crippen LogP contribution in [0.15, 0.2) is 54.6 Å². The van der Waals surface area contributed by atoms with Gasteiger partial charge in [-0.2, -0.15) is 0 Å². The zero-order valence-electron chi connectivity index (χ0n) is 13.7. The second-order valence-electron chi connectivity index (χ2n) is 5.21. The van der Waals surface area contributed by atoms with Gasteiger partial charge in [-0.25, -0.2) is 0 Å². The molecule has 3 rings (SSSR count). The van der Waals surface area contributed by atoms with Crippen molar-refractivity contribution in [2.75, 3.05) is 17.7 Å². The Balaban J connectivity index is 1.70. The Morgan fingerprint density at radius 3 is 2.42 bits per heavy atom. The number of aromatic nitrogens is 2. The van der Waals surface area contributed by atoms with Crippen molar-refractivity contribution >= 4 is 46.4 Å². The normalized spacial score (nSPS) is 10.3. The summed E-state index contributed by atoms with van der Waals surface area (Å²) in [5, 5.41) is 14.7. The molecule has 0 saturated heterocycles. The summed E-state index contributed by atoms with van der Waals surface area (Å²) in [5.74, 6) is 0.935. The number of nitrogens with zero attached hydrogens (tertiary/aromatic N) is 2. The van der Waals surface area contributed by atoms with Gasteiger partial charge in [0.05, 0.1) is 23.4 Å². The Hall–Kier alpha value is -2.83. The van der Waals surface area contributed by atoms with Gasteiger partial charge in [0.2, 0.25) is 0 Å². The maximum absolute atomic E-state index is 12.3. The van der Waals surface area contributed by atoms with E-state index in [9.17, 15) is 4.79 Å². The van der Waals surface area contributed by atoms with Crippen LogP contribution in [0.5, 0.6) is 5.75 Å². The van der Waals surface area contributed by atoms with Crippen LogP contribution in [0.1, 0.15) is 10.4 Å². The number of amides is 1. The van der Waals surface area contributed by atoms with Gasteiger partial charge in [0.15, 0.2) is 11.6 Å². The number of halogens is 2. The number of anilines is 3. The van der Waals surface area contributed by atoms with Crippen LogP contribution in [-0.4, -0.2) is 23.2 Å². The number of ether oxygens (including phenoxy) is 1. The molecule has 26 heavy (non-hydrogen) atoms. The molecule has 0 unspecified atom stereocenters. The minimum Gasteiger partial charge on any atom is -0.496 e. The molecule has 1 aromatic heterocycles. The molecule has 0 fully saturated rings. The first-order chi connectivity index (χ1) is 12.6. The number of methoxy groups -OCH3 is 1. The van der Waals surface area contributed by atoms with Crippen LogP contribution in [0.3, 0.4) is 0 Å². The lowest BCUT2D eigenvalue weighted by Gasteiger charge is -2.09. The fraction of sp³-hybridized carbons (Fsp3) is 0.0556. The molecule has 0 bridgehead atoms. The summed E-state index contributed by atoms with van der Waals surface area (Å²) in [6, 6.07) is 15.3. The molecule has 0 atom stereocenters. The standard InChI is InChI=1S/C18H14Cl2N4O2/c1-26-15-5-3-2-4-12(15)18(25)22-17-9-8-16(23-24-17)21-14-7-6-11(19)10-13(14)20/h2-10H,1H3,(H,21,23)(H,22,24,25). The second-order valence-corrected chi connectivity index (χ2v) is 6.05. The maximum atomic E-state index is 12.3. The molecule has 1 amide bonds. The van der Waals surface area contributed by atoms with E-state index in [1.807, 2.05) is 0 Å². The third-order valence-corrected chi connectivity index (χ3v) is 4.00. The number of carbonyl (C=O) groups excluding carboxylic acids is 1. The summed E-state index contributed by atoms with van der Waals surface area (Å²) >= 11 is 12.0. The molecule has 2 aromatic carbocycles. The van der Waals surface area contributed by atoms with Crippen molar-refractivity contribution in [1.82, 2.24) is 10.2 Å². The molecular weight excluding hydrogens is 375 g/mol. The first kappa shape index (κ1) is 18.0. The van der Waals surface area contributed by atoms with Crippen molar-refractivity contribution in [3.05, 3.63) is 70.2 Å². The van der Waals surface area contributed by atoms with Crippen LogP contribution >= 0.6 is 23.2 Å². The van der Waals surface area contributed by atoms with Gasteiger partial charge in [-0.3, -0.25) is 4.79 Å². The van der Waals surface area contributed by atoms with Gasteiger partial charge in [0, 0.05) is 5.02 Å². The highest BCUT2D eigenvalue weighted by Gasteiger charge is 2.12. The smallest absolute Gasteiger partial charge is 0.260 e. The van der Waals surface area contributed by atoms with Crippen molar-refractivity contribution in [3.8, 4) is 5.75 Å². The number of carbonyl (C=O) groups is 1. The summed E-state index contributed by atoms with van der Waals surface area (Å²) < 4.78 is 5.18. The van der Waals surface area contributed by atoms with Gasteiger partial charge in [-0.1, -0.05) is 35.3 Å². The monoisotopic (exact) mass is 388 g/mol. The van der Waals surface area contributed by atoms with Gasteiger partial charge in [0.1, 0.15) is 5.75 Å². The van der Waals surface area contributed by atoms with E-state index in [1.54, 1.807) is 54.6 Å². The molecule has 8 heteroatoms. The molecular formula is C18H14Cl2N4O2. The van der Waals surface area contributed by atoms with E-state index < -0.39 is 0 Å². The third-order valence-electron chi connectivity index (χ3n) is 3.45. The van der Waals surface area contributed by atoms with Crippen LogP contribution in [0, 0.1) is 0 Å². The first-order valence-corrected chi connectivity index (χ1v) is 8.32. The molecule has 0 aliphatic heterocycles. The third kappa shape index (κ3) is 4.22. The van der Waals surface area contributed by atoms with Crippen molar-refractivity contribution in [3.63, 3.8) is 0 Å². The largest absolute Gasteiger partial charge is 0.496 e. The van der Waals surface area contributed by atoms with Crippen LogP contribution < -0.4 is 15.4 Å². The minimum absolute atomic E-state index is 0.314. The summed E-state index contributed by atoms with van der Waals surface area (Å²) in [4.78, 5) is 12.3. The Morgan fingerprint density at radius 1 is 1.00 bits per heavy atom. The summed E-state index contributed by atoms with van der Waals surface area (Å²) in [5.41, 5.74) is 1.06. The van der Waals surface area contributed by atoms with Crippen molar-refractivity contribution in [1.29, 1.82) is 0 Å². The van der Waals surface area contributed by atoms with Crippen LogP contribution in [0.4, 0.5) is 17.3 Å². The quantitative estimate of drug-likeness (QED) is 0.656. The zero-order valence-corrected chi connectivity index (χ0v) is 15.2. The minimum atomic E-state index is -0.335. The number of nitrogens with one attached hydrogen (secondary N) is 2. The van der Waals surface area contributed by atoms with E-state index in [-0.39, 0.29) is 5.91 Å². The molecule has 1 heterocycles. The van der Waals surface area contributed by atoms with Gasteiger partial charge < -0.3 is 15.4 Å². The topological polar surface area (TPSA) is 76.1 Å². The lowest BCUT2D eigenvalue weighted by molar-refractivity contribution is 0.102. The fourth-order valence-electron chi connectivity index (χ4n) is 2.21. The van der Waals surface area contributed by atoms with Gasteiger partial charge in [-0.05, 0) is 42.5 Å². The Labute approximate surface area is 160 Å². The highest BCUT2D eigenvalue weighted by molar-refractivity contribution is 6.36. The fourth-order valence-corrected chi connectivity index (χ4v) is 2.67. The van der Waals surface area contributed by atoms with Crippen LogP contribution in [-0.2, 0) is 0 Å². The molecule has 0 radical (unpaired) electrons. The maximum Gasteiger partial charge on any atom is 0.260 e. The summed E-state index contributed by atoms with van der Waals surface area (Å²) in [6.07, 6.45) is 0. The van der Waals surface area contributed by atoms with E-state index in [2.05, 4.69) is 20.8 Å². The molecule has 2 N–H and O–H groups in total. The van der Waals surface area contributed by atoms with Gasteiger partial charge in [-0.15, -0.1) is 10.2 Å². The number of para-hydroxylation sites is 1. The van der Waals surface area contributed by atoms with E-state index in [0.29, 0.717) is 38.7 Å². The predicted molar refractivity (Wildman–Crippen MR) is 103 cm³/mol. The van der Waals surface area contributed by atoms with E-state index in [1.165, 1.54) is 7.11 Å². The summed E-state index contributed by atoms with van der Waals surface area (Å²) in [6.45, 7) is 0. The molecule has 0 aliphatic rings. The molecule has 0 spiro atoms. The zero-order chi connectivity index (χ0) is 18.5. The highest BCUT2D eigenvalue weighted by Crippen LogP contribution is 2.27. The van der Waals surface area contributed by atoms with Gasteiger partial charge >= 0.3 is 0 Å². The van der Waals surface area contributed by atoms with E-state index in [4.69, 9.17) is 27.9 Å². The molecule has 6 nitrogen and oxygen atoms in total. The van der Waals surface area contributed by atoms with Crippen molar-refractivity contribution in [2.24, 2.45) is 0 Å². The van der Waals surface area contributed by atoms with Crippen LogP contribution in [0.25, 0.3) is 0 Å². The second kappa shape index (κ2) is 8.03. The van der Waals surface area contributed by atoms with Crippen molar-refractivity contribution in [2.45, 2.75) is 0 Å². The van der Waals surface area contributed by atoms with Gasteiger partial charge in [0.25, 0.3) is 5.91 Å². The Kier molecular flexibility index (Phi) is 5.55. The van der Waals surface area contributed by atoms with Crippen LogP contribution in [0.2, 0.25) is 10.0 Å². The number of rotatable bonds is 5. The molecule has 0 aliphatic carbocycles. The predicted octanol–water partition coefficient (Wildman–Crippen LogP) is 4.79. The SMILES string of the molecule is COc1ccccc1C(=O)Nc1ccc(Nc2ccc(Cl)cc2Cl)nn1. The van der Waals surface area contributed by atoms with E-state index in [0.717, 1.165) is 0 Å². The highest BCUT2D eigenvalue weighted by atomic mass is 35.5. The Morgan fingerprint density at radius 2 is 1.73 bits per heavy atom. The molecule has 0 saturated carbocycles. The Bertz CT molecular complexity index is 933. The first-order valence-electron chi connectivity index (χ1n) is 7.57. The average molecular weight is 389 g/mol. The molecule has 3 aromatic rings.